The molecule has 0 aromatic heterocycles. The molecule has 7 nitrogen and oxygen atoms in total. The van der Waals surface area contributed by atoms with Gasteiger partial charge in [0.2, 0.25) is 15.9 Å². The molecule has 0 fully saturated rings. The summed E-state index contributed by atoms with van der Waals surface area (Å²) in [5.74, 6) is 0.713. The van der Waals surface area contributed by atoms with Crippen LogP contribution in [0.2, 0.25) is 0 Å². The molecule has 1 aliphatic rings. The Morgan fingerprint density at radius 2 is 1.73 bits per heavy atom. The predicted octanol–water partition coefficient (Wildman–Crippen LogP) is 2.25. The van der Waals surface area contributed by atoms with Crippen LogP contribution in [-0.4, -0.2) is 39.8 Å². The molecule has 1 N–H and O–H groups in total. The van der Waals surface area contributed by atoms with Gasteiger partial charge in [-0.1, -0.05) is 18.2 Å². The van der Waals surface area contributed by atoms with Crippen molar-refractivity contribution in [2.75, 3.05) is 29.1 Å². The minimum Gasteiger partial charge on any atom is -0.486 e. The molecule has 0 radical (unpaired) electrons. The molecule has 0 spiro atoms. The molecule has 0 unspecified atom stereocenters. The molecule has 8 heteroatoms. The lowest BCUT2D eigenvalue weighted by molar-refractivity contribution is -0.116. The number of fused-ring (bicyclic) bond motifs is 1. The molecule has 0 saturated carbocycles. The van der Waals surface area contributed by atoms with Crippen molar-refractivity contribution in [3.05, 3.63) is 48.5 Å². The van der Waals surface area contributed by atoms with E-state index in [0.717, 1.165) is 10.6 Å². The summed E-state index contributed by atoms with van der Waals surface area (Å²) in [6.07, 6.45) is 1.08. The monoisotopic (exact) mass is 376 g/mol. The molecule has 1 aliphatic heterocycles. The first-order valence-corrected chi connectivity index (χ1v) is 9.96. The fraction of sp³-hybridized carbons (Fsp3) is 0.278. The number of amides is 1. The zero-order chi connectivity index (χ0) is 18.7. The van der Waals surface area contributed by atoms with E-state index in [1.165, 1.54) is 0 Å². The largest absolute Gasteiger partial charge is 0.486 e. The molecule has 1 atom stereocenters. The molecule has 0 aliphatic carbocycles. The summed E-state index contributed by atoms with van der Waals surface area (Å²) < 4.78 is 36.5. The van der Waals surface area contributed by atoms with Crippen molar-refractivity contribution in [3.8, 4) is 11.5 Å². The molecule has 0 bridgehead atoms. The Bertz CT molecular complexity index is 899. The number of carbonyl (C=O) groups excluding carboxylic acids is 1. The molecule has 1 heterocycles. The van der Waals surface area contributed by atoms with E-state index in [-0.39, 0.29) is 0 Å². The van der Waals surface area contributed by atoms with E-state index in [2.05, 4.69) is 5.32 Å². The Hall–Kier alpha value is -2.74. The highest BCUT2D eigenvalue weighted by atomic mass is 32.2. The van der Waals surface area contributed by atoms with Gasteiger partial charge in [0.25, 0.3) is 0 Å². The fourth-order valence-electron chi connectivity index (χ4n) is 2.75. The molecule has 2 aromatic rings. The van der Waals surface area contributed by atoms with Gasteiger partial charge >= 0.3 is 0 Å². The van der Waals surface area contributed by atoms with Gasteiger partial charge in [-0.15, -0.1) is 0 Å². The predicted molar refractivity (Wildman–Crippen MR) is 99.3 cm³/mol. The molecule has 3 rings (SSSR count). The van der Waals surface area contributed by atoms with Gasteiger partial charge in [0, 0.05) is 11.8 Å². The van der Waals surface area contributed by atoms with Crippen molar-refractivity contribution in [1.82, 2.24) is 0 Å². The van der Waals surface area contributed by atoms with Crippen molar-refractivity contribution < 1.29 is 22.7 Å². The van der Waals surface area contributed by atoms with E-state index in [9.17, 15) is 13.2 Å². The highest BCUT2D eigenvalue weighted by Crippen LogP contribution is 2.32. The number of hydrogen-bond acceptors (Lipinski definition) is 5. The summed E-state index contributed by atoms with van der Waals surface area (Å²) in [6.45, 7) is 2.47. The van der Waals surface area contributed by atoms with E-state index in [1.54, 1.807) is 55.5 Å². The van der Waals surface area contributed by atoms with Crippen LogP contribution >= 0.6 is 0 Å². The highest BCUT2D eigenvalue weighted by Gasteiger charge is 2.29. The zero-order valence-electron chi connectivity index (χ0n) is 14.5. The first-order chi connectivity index (χ1) is 12.4. The minimum absolute atomic E-state index is 0.430. The van der Waals surface area contributed by atoms with Crippen LogP contribution in [0.5, 0.6) is 11.5 Å². The Morgan fingerprint density at radius 3 is 2.38 bits per heavy atom. The molecular weight excluding hydrogens is 356 g/mol. The lowest BCUT2D eigenvalue weighted by atomic mass is 10.2. The number of carbonyl (C=O) groups is 1. The standard InChI is InChI=1S/C18H20N2O5S/c1-13(20(26(2,22)23)15-6-4-3-5-7-15)18(21)19-14-8-9-16-17(12-14)25-11-10-24-16/h3-9,12-13H,10-11H2,1-2H3,(H,19,21)/t13-/m1/s1. The number of nitrogens with zero attached hydrogens (tertiary/aromatic N) is 1. The lowest BCUT2D eigenvalue weighted by Gasteiger charge is -2.28. The van der Waals surface area contributed by atoms with Crippen LogP contribution in [0.1, 0.15) is 6.92 Å². The SMILES string of the molecule is C[C@H](C(=O)Nc1ccc2c(c1)OCCO2)N(c1ccccc1)S(C)(=O)=O. The number of rotatable bonds is 5. The molecule has 0 saturated heterocycles. The Balaban J connectivity index is 1.81. The van der Waals surface area contributed by atoms with E-state index in [1.807, 2.05) is 0 Å². The maximum absolute atomic E-state index is 12.7. The van der Waals surface area contributed by atoms with Gasteiger partial charge in [-0.2, -0.15) is 0 Å². The van der Waals surface area contributed by atoms with Crippen LogP contribution in [0.25, 0.3) is 0 Å². The molecule has 2 aromatic carbocycles. The summed E-state index contributed by atoms with van der Waals surface area (Å²) >= 11 is 0. The molecule has 26 heavy (non-hydrogen) atoms. The normalized spacial score (nSPS) is 14.4. The van der Waals surface area contributed by atoms with E-state index in [4.69, 9.17) is 9.47 Å². The van der Waals surface area contributed by atoms with Gasteiger partial charge in [0.15, 0.2) is 11.5 Å². The topological polar surface area (TPSA) is 84.9 Å². The number of anilines is 2. The number of nitrogens with one attached hydrogen (secondary N) is 1. The smallest absolute Gasteiger partial charge is 0.247 e. The molecular formula is C18H20N2O5S. The van der Waals surface area contributed by atoms with E-state index >= 15 is 0 Å². The summed E-state index contributed by atoms with van der Waals surface area (Å²) in [6, 6.07) is 12.6. The fourth-order valence-corrected chi connectivity index (χ4v) is 3.93. The number of para-hydroxylation sites is 1. The number of hydrogen-bond donors (Lipinski definition) is 1. The van der Waals surface area contributed by atoms with Crippen LogP contribution in [0, 0.1) is 0 Å². The summed E-state index contributed by atoms with van der Waals surface area (Å²) in [5, 5.41) is 2.73. The van der Waals surface area contributed by atoms with Gasteiger partial charge in [-0.05, 0) is 31.2 Å². The van der Waals surface area contributed by atoms with Crippen molar-refractivity contribution in [2.45, 2.75) is 13.0 Å². The highest BCUT2D eigenvalue weighted by molar-refractivity contribution is 7.92. The van der Waals surface area contributed by atoms with Crippen molar-refractivity contribution in [2.24, 2.45) is 0 Å². The van der Waals surface area contributed by atoms with Gasteiger partial charge in [0.05, 0.1) is 11.9 Å². The second-order valence-corrected chi connectivity index (χ2v) is 7.78. The van der Waals surface area contributed by atoms with Gasteiger partial charge in [0.1, 0.15) is 19.3 Å². The van der Waals surface area contributed by atoms with E-state index < -0.39 is 22.0 Å². The van der Waals surface area contributed by atoms with Gasteiger partial charge < -0.3 is 14.8 Å². The number of ether oxygens (including phenoxy) is 2. The summed E-state index contributed by atoms with van der Waals surface area (Å²) in [7, 11) is -3.64. The second-order valence-electron chi connectivity index (χ2n) is 5.92. The maximum Gasteiger partial charge on any atom is 0.247 e. The zero-order valence-corrected chi connectivity index (χ0v) is 15.3. The van der Waals surface area contributed by atoms with Crippen LogP contribution in [0.3, 0.4) is 0 Å². The van der Waals surface area contributed by atoms with Crippen molar-refractivity contribution >= 4 is 27.3 Å². The van der Waals surface area contributed by atoms with Crippen LogP contribution < -0.4 is 19.1 Å². The Labute approximate surface area is 152 Å². The summed E-state index contributed by atoms with van der Waals surface area (Å²) in [4.78, 5) is 12.7. The third-order valence-corrected chi connectivity index (χ3v) is 5.15. The number of sulfonamides is 1. The van der Waals surface area contributed by atoms with Crippen LogP contribution in [0.15, 0.2) is 48.5 Å². The second kappa shape index (κ2) is 7.25. The summed E-state index contributed by atoms with van der Waals surface area (Å²) in [5.41, 5.74) is 0.937. The Morgan fingerprint density at radius 1 is 1.08 bits per heavy atom. The Kier molecular flexibility index (Phi) is 5.03. The average molecular weight is 376 g/mol. The maximum atomic E-state index is 12.7. The quantitative estimate of drug-likeness (QED) is 0.865. The van der Waals surface area contributed by atoms with Crippen molar-refractivity contribution in [3.63, 3.8) is 0 Å². The lowest BCUT2D eigenvalue weighted by Crippen LogP contribution is -2.45. The third kappa shape index (κ3) is 3.91. The first kappa shape index (κ1) is 18.1. The first-order valence-electron chi connectivity index (χ1n) is 8.11. The van der Waals surface area contributed by atoms with Gasteiger partial charge in [-0.25, -0.2) is 8.42 Å². The molecule has 1 amide bonds. The van der Waals surface area contributed by atoms with Gasteiger partial charge in [-0.3, -0.25) is 9.10 Å². The third-order valence-electron chi connectivity index (χ3n) is 3.91. The van der Waals surface area contributed by atoms with Crippen LogP contribution in [-0.2, 0) is 14.8 Å². The number of benzene rings is 2. The van der Waals surface area contributed by atoms with Crippen molar-refractivity contribution in [1.29, 1.82) is 0 Å². The van der Waals surface area contributed by atoms with Crippen LogP contribution in [0.4, 0.5) is 11.4 Å². The molecule has 138 valence electrons. The minimum atomic E-state index is -3.64. The average Bonchev–Trinajstić information content (AvgIpc) is 2.61. The van der Waals surface area contributed by atoms with E-state index in [0.29, 0.717) is 36.1 Å².